The minimum Gasteiger partial charge on any atom is -0.361 e. The molecule has 2 aromatic rings. The van der Waals surface area contributed by atoms with Crippen LogP contribution in [0.2, 0.25) is 25.7 Å². The number of pyridine rings is 1. The smallest absolute Gasteiger partial charge is 0.143 e. The molecular weight excluding hydrogens is 459 g/mol. The van der Waals surface area contributed by atoms with Crippen molar-refractivity contribution >= 4 is 57.6 Å². The lowest BCUT2D eigenvalue weighted by atomic mass is 10.1. The molecule has 0 saturated heterocycles. The van der Waals surface area contributed by atoms with Gasteiger partial charge in [-0.15, -0.1) is 0 Å². The van der Waals surface area contributed by atoms with Crippen LogP contribution in [-0.2, 0) is 17.9 Å². The Morgan fingerprint density at radius 2 is 2.10 bits per heavy atom. The molecule has 0 unspecified atom stereocenters. The van der Waals surface area contributed by atoms with E-state index in [1.165, 1.54) is 20.6 Å². The summed E-state index contributed by atoms with van der Waals surface area (Å²) in [6, 6.07) is 1.20. The van der Waals surface area contributed by atoms with Gasteiger partial charge in [0.2, 0.25) is 0 Å². The van der Waals surface area contributed by atoms with Crippen molar-refractivity contribution in [2.75, 3.05) is 6.61 Å². The number of rotatable bonds is 6. The molecule has 0 aliphatic carbocycles. The monoisotopic (exact) mass is 480 g/mol. The van der Waals surface area contributed by atoms with Crippen molar-refractivity contribution in [3.63, 3.8) is 0 Å². The number of aromatic nitrogens is 2. The Kier molecular flexibility index (Phi) is 5.89. The maximum absolute atomic E-state index is 5.86. The summed E-state index contributed by atoms with van der Waals surface area (Å²) in [7, 11) is -1.02. The molecule has 0 bridgehead atoms. The van der Waals surface area contributed by atoms with Crippen molar-refractivity contribution in [1.29, 1.82) is 0 Å². The Hall–Kier alpha value is 0.0769. The topological polar surface area (TPSA) is 27.1 Å². The summed E-state index contributed by atoms with van der Waals surface area (Å²) in [6.07, 6.45) is 5.03. The van der Waals surface area contributed by atoms with E-state index in [0.29, 0.717) is 6.73 Å². The van der Waals surface area contributed by atoms with Gasteiger partial charge in [0.15, 0.2) is 0 Å². The lowest BCUT2D eigenvalue weighted by molar-refractivity contribution is 0.0898. The lowest BCUT2D eigenvalue weighted by Crippen LogP contribution is -2.22. The average Bonchev–Trinajstić information content (AvgIpc) is 2.71. The Morgan fingerprint density at radius 1 is 1.38 bits per heavy atom. The van der Waals surface area contributed by atoms with E-state index in [9.17, 15) is 0 Å². The molecule has 116 valence electrons. The highest BCUT2D eigenvalue weighted by Crippen LogP contribution is 2.30. The van der Waals surface area contributed by atoms with Gasteiger partial charge in [-0.1, -0.05) is 26.6 Å². The van der Waals surface area contributed by atoms with E-state index in [0.717, 1.165) is 23.1 Å². The van der Waals surface area contributed by atoms with E-state index in [1.54, 1.807) is 0 Å². The summed E-state index contributed by atoms with van der Waals surface area (Å²) < 4.78 is 10.3. The Morgan fingerprint density at radius 3 is 2.71 bits per heavy atom. The van der Waals surface area contributed by atoms with Gasteiger partial charge in [-0.2, -0.15) is 0 Å². The standard InChI is InChI=1S/C15H22BrIN2OSi/c1-5-11-12(16)8-18-15-14(11)13(17)9-19(15)10-20-6-7-21(2,3)4/h8-9H,5-7,10H2,1-4H3. The van der Waals surface area contributed by atoms with Gasteiger partial charge in [0.1, 0.15) is 12.4 Å². The second-order valence-corrected chi connectivity index (χ2v) is 14.1. The van der Waals surface area contributed by atoms with Crippen molar-refractivity contribution in [2.24, 2.45) is 0 Å². The average molecular weight is 481 g/mol. The van der Waals surface area contributed by atoms with Gasteiger partial charge in [0.05, 0.1) is 0 Å². The first-order chi connectivity index (χ1) is 9.83. The molecule has 2 rings (SSSR count). The van der Waals surface area contributed by atoms with Gasteiger partial charge < -0.3 is 9.30 Å². The normalized spacial score (nSPS) is 12.3. The van der Waals surface area contributed by atoms with Crippen LogP contribution in [-0.4, -0.2) is 24.2 Å². The first-order valence-electron chi connectivity index (χ1n) is 7.23. The molecule has 3 nitrogen and oxygen atoms in total. The number of hydrogen-bond acceptors (Lipinski definition) is 2. The van der Waals surface area contributed by atoms with Crippen molar-refractivity contribution in [1.82, 2.24) is 9.55 Å². The van der Waals surface area contributed by atoms with Gasteiger partial charge >= 0.3 is 0 Å². The van der Waals surface area contributed by atoms with Crippen molar-refractivity contribution in [3.8, 4) is 0 Å². The van der Waals surface area contributed by atoms with Crippen LogP contribution in [0.25, 0.3) is 11.0 Å². The van der Waals surface area contributed by atoms with Crippen LogP contribution < -0.4 is 0 Å². The third-order valence-electron chi connectivity index (χ3n) is 3.47. The molecule has 0 amide bonds. The van der Waals surface area contributed by atoms with Crippen LogP contribution in [0.1, 0.15) is 12.5 Å². The maximum atomic E-state index is 5.86. The zero-order chi connectivity index (χ0) is 15.6. The van der Waals surface area contributed by atoms with Crippen LogP contribution in [0, 0.1) is 3.57 Å². The number of halogens is 2. The van der Waals surface area contributed by atoms with Crippen LogP contribution in [0.15, 0.2) is 16.9 Å². The molecule has 2 heterocycles. The highest BCUT2D eigenvalue weighted by Gasteiger charge is 2.15. The predicted octanol–water partition coefficient (Wildman–Crippen LogP) is 5.28. The van der Waals surface area contributed by atoms with Crippen molar-refractivity contribution < 1.29 is 4.74 Å². The highest BCUT2D eigenvalue weighted by molar-refractivity contribution is 14.1. The fraction of sp³-hybridized carbons (Fsp3) is 0.533. The number of ether oxygens (including phenoxy) is 1. The largest absolute Gasteiger partial charge is 0.361 e. The van der Waals surface area contributed by atoms with Gasteiger partial charge in [0, 0.05) is 40.5 Å². The van der Waals surface area contributed by atoms with Crippen molar-refractivity contribution in [3.05, 3.63) is 26.0 Å². The highest BCUT2D eigenvalue weighted by atomic mass is 127. The zero-order valence-corrected chi connectivity index (χ0v) is 17.8. The number of aryl methyl sites for hydroxylation is 1. The molecule has 0 aliphatic rings. The Labute approximate surface area is 149 Å². The summed E-state index contributed by atoms with van der Waals surface area (Å²) in [5.41, 5.74) is 2.35. The van der Waals surface area contributed by atoms with E-state index in [4.69, 9.17) is 4.74 Å². The number of nitrogens with zero attached hydrogens (tertiary/aromatic N) is 2. The van der Waals surface area contributed by atoms with Gasteiger partial charge in [0.25, 0.3) is 0 Å². The fourth-order valence-electron chi connectivity index (χ4n) is 2.23. The third-order valence-corrected chi connectivity index (χ3v) is 6.68. The van der Waals surface area contributed by atoms with E-state index >= 15 is 0 Å². The predicted molar refractivity (Wildman–Crippen MR) is 104 cm³/mol. The van der Waals surface area contributed by atoms with Gasteiger partial charge in [-0.25, -0.2) is 4.98 Å². The second-order valence-electron chi connectivity index (χ2n) is 6.43. The summed E-state index contributed by atoms with van der Waals surface area (Å²) in [5, 5.41) is 1.25. The lowest BCUT2D eigenvalue weighted by Gasteiger charge is -2.15. The summed E-state index contributed by atoms with van der Waals surface area (Å²) in [4.78, 5) is 4.58. The third kappa shape index (κ3) is 4.30. The molecular formula is C15H22BrIN2OSi. The number of hydrogen-bond donors (Lipinski definition) is 0. The van der Waals surface area contributed by atoms with Crippen LogP contribution in [0.5, 0.6) is 0 Å². The SMILES string of the molecule is CCc1c(Br)cnc2c1c(I)cn2COCC[Si](C)(C)C. The molecule has 21 heavy (non-hydrogen) atoms. The maximum Gasteiger partial charge on any atom is 0.143 e. The van der Waals surface area contributed by atoms with E-state index in [2.05, 4.69) is 80.8 Å². The summed E-state index contributed by atoms with van der Waals surface area (Å²) >= 11 is 5.99. The molecule has 0 N–H and O–H groups in total. The van der Waals surface area contributed by atoms with E-state index in [-0.39, 0.29) is 0 Å². The number of fused-ring (bicyclic) bond motifs is 1. The molecule has 0 aliphatic heterocycles. The van der Waals surface area contributed by atoms with E-state index < -0.39 is 8.07 Å². The quantitative estimate of drug-likeness (QED) is 0.319. The van der Waals surface area contributed by atoms with Crippen LogP contribution in [0.3, 0.4) is 0 Å². The van der Waals surface area contributed by atoms with Crippen LogP contribution in [0.4, 0.5) is 0 Å². The summed E-state index contributed by atoms with van der Waals surface area (Å²) in [6.45, 7) is 10.7. The fourth-order valence-corrected chi connectivity index (χ4v) is 4.47. The van der Waals surface area contributed by atoms with E-state index in [1.807, 2.05) is 6.20 Å². The minimum absolute atomic E-state index is 0.585. The molecule has 0 aromatic carbocycles. The molecule has 0 saturated carbocycles. The molecule has 2 aromatic heterocycles. The van der Waals surface area contributed by atoms with Crippen LogP contribution >= 0.6 is 38.5 Å². The molecule has 0 fully saturated rings. The van der Waals surface area contributed by atoms with Gasteiger partial charge in [-0.05, 0) is 56.5 Å². The first kappa shape index (κ1) is 17.4. The second kappa shape index (κ2) is 7.10. The van der Waals surface area contributed by atoms with Crippen molar-refractivity contribution in [2.45, 2.75) is 45.8 Å². The first-order valence-corrected chi connectivity index (χ1v) is 12.8. The molecule has 0 atom stereocenters. The Bertz CT molecular complexity index is 637. The molecule has 0 spiro atoms. The summed E-state index contributed by atoms with van der Waals surface area (Å²) in [5.74, 6) is 0. The molecule has 0 radical (unpaired) electrons. The minimum atomic E-state index is -1.02. The Balaban J connectivity index is 2.18. The van der Waals surface area contributed by atoms with Gasteiger partial charge in [-0.3, -0.25) is 0 Å². The zero-order valence-electron chi connectivity index (χ0n) is 13.0. The molecule has 6 heteroatoms.